The van der Waals surface area contributed by atoms with Crippen molar-refractivity contribution in [3.05, 3.63) is 30.1 Å². The quantitative estimate of drug-likeness (QED) is 0.834. The molecular weight excluding hydrogens is 214 g/mol. The summed E-state index contributed by atoms with van der Waals surface area (Å²) in [7, 11) is 0. The molecule has 0 saturated heterocycles. The third kappa shape index (κ3) is 5.45. The molecule has 0 saturated carbocycles. The van der Waals surface area contributed by atoms with Gasteiger partial charge in [-0.2, -0.15) is 0 Å². The molecule has 1 aromatic rings. The molecule has 0 aliphatic rings. The number of nitrogens with one attached hydrogen (secondary N) is 2. The van der Waals surface area contributed by atoms with E-state index in [4.69, 9.17) is 0 Å². The number of hydrogen-bond acceptors (Lipinski definition) is 3. The van der Waals surface area contributed by atoms with E-state index < -0.39 is 0 Å². The van der Waals surface area contributed by atoms with Crippen LogP contribution in [0.2, 0.25) is 0 Å². The maximum atomic E-state index is 11.6. The molecule has 2 N–H and O–H groups in total. The van der Waals surface area contributed by atoms with Crippen molar-refractivity contribution in [2.45, 2.75) is 39.3 Å². The van der Waals surface area contributed by atoms with Gasteiger partial charge in [-0.15, -0.1) is 0 Å². The van der Waals surface area contributed by atoms with E-state index in [1.165, 1.54) is 0 Å². The number of carbonyl (C=O) groups is 1. The number of hydrogen-bond donors (Lipinski definition) is 2. The summed E-state index contributed by atoms with van der Waals surface area (Å²) in [4.78, 5) is 15.6. The number of rotatable bonds is 4. The van der Waals surface area contributed by atoms with Crippen LogP contribution in [-0.4, -0.2) is 23.0 Å². The van der Waals surface area contributed by atoms with Gasteiger partial charge in [0.1, 0.15) is 0 Å². The zero-order valence-electron chi connectivity index (χ0n) is 10.9. The Balaban J connectivity index is 2.39. The Hall–Kier alpha value is -1.42. The van der Waals surface area contributed by atoms with Gasteiger partial charge in [0, 0.05) is 24.0 Å². The summed E-state index contributed by atoms with van der Waals surface area (Å²) in [6.07, 6.45) is 3.51. The van der Waals surface area contributed by atoms with Gasteiger partial charge in [-0.05, 0) is 45.4 Å². The first kappa shape index (κ1) is 13.6. The number of aromatic nitrogens is 1. The van der Waals surface area contributed by atoms with Crippen molar-refractivity contribution in [3.63, 3.8) is 0 Å². The number of carbonyl (C=O) groups excluding carboxylic acids is 1. The van der Waals surface area contributed by atoms with Crippen molar-refractivity contribution in [1.29, 1.82) is 0 Å². The van der Waals surface area contributed by atoms with Gasteiger partial charge in [0.25, 0.3) is 0 Å². The minimum absolute atomic E-state index is 0.0124. The number of nitrogens with zero attached hydrogens (tertiary/aromatic N) is 1. The predicted molar refractivity (Wildman–Crippen MR) is 68.6 cm³/mol. The van der Waals surface area contributed by atoms with Crippen LogP contribution in [0.15, 0.2) is 24.5 Å². The van der Waals surface area contributed by atoms with Gasteiger partial charge in [0.2, 0.25) is 5.91 Å². The van der Waals surface area contributed by atoms with Crippen molar-refractivity contribution in [2.75, 3.05) is 6.54 Å². The highest BCUT2D eigenvalue weighted by atomic mass is 16.2. The molecule has 1 rings (SSSR count). The highest BCUT2D eigenvalue weighted by Gasteiger charge is 2.14. The van der Waals surface area contributed by atoms with Crippen molar-refractivity contribution < 1.29 is 4.79 Å². The fourth-order valence-corrected chi connectivity index (χ4v) is 1.48. The molecule has 0 unspecified atom stereocenters. The highest BCUT2D eigenvalue weighted by Crippen LogP contribution is 2.09. The second kappa shape index (κ2) is 5.77. The van der Waals surface area contributed by atoms with E-state index in [0.717, 1.165) is 5.56 Å². The largest absolute Gasteiger partial charge is 0.350 e. The molecule has 0 spiro atoms. The summed E-state index contributed by atoms with van der Waals surface area (Å²) in [5.74, 6) is 0.0124. The molecule has 94 valence electrons. The molecular formula is C13H21N3O. The van der Waals surface area contributed by atoms with Crippen LogP contribution in [0.4, 0.5) is 0 Å². The molecule has 1 atom stereocenters. The van der Waals surface area contributed by atoms with Gasteiger partial charge in [-0.1, -0.05) is 0 Å². The first-order valence-electron chi connectivity index (χ1n) is 5.83. The van der Waals surface area contributed by atoms with Crippen molar-refractivity contribution in [1.82, 2.24) is 15.6 Å². The van der Waals surface area contributed by atoms with E-state index in [-0.39, 0.29) is 17.5 Å². The summed E-state index contributed by atoms with van der Waals surface area (Å²) in [6.45, 7) is 8.26. The van der Waals surface area contributed by atoms with Crippen LogP contribution in [0, 0.1) is 0 Å². The fourth-order valence-electron chi connectivity index (χ4n) is 1.48. The maximum Gasteiger partial charge on any atom is 0.234 e. The summed E-state index contributed by atoms with van der Waals surface area (Å²) in [5, 5.41) is 6.09. The first-order valence-corrected chi connectivity index (χ1v) is 5.83. The Morgan fingerprint density at radius 1 is 1.35 bits per heavy atom. The Morgan fingerprint density at radius 2 is 1.94 bits per heavy atom. The van der Waals surface area contributed by atoms with Gasteiger partial charge in [-0.25, -0.2) is 0 Å². The van der Waals surface area contributed by atoms with Crippen LogP contribution in [0.1, 0.15) is 39.3 Å². The van der Waals surface area contributed by atoms with Crippen LogP contribution < -0.4 is 10.6 Å². The smallest absolute Gasteiger partial charge is 0.234 e. The molecule has 0 aliphatic heterocycles. The van der Waals surface area contributed by atoms with Gasteiger partial charge < -0.3 is 10.6 Å². The second-order valence-electron chi connectivity index (χ2n) is 5.18. The van der Waals surface area contributed by atoms with Crippen LogP contribution in [0.5, 0.6) is 0 Å². The molecule has 0 radical (unpaired) electrons. The second-order valence-corrected chi connectivity index (χ2v) is 5.18. The minimum atomic E-state index is -0.182. The number of pyridine rings is 1. The molecule has 17 heavy (non-hydrogen) atoms. The summed E-state index contributed by atoms with van der Waals surface area (Å²) in [5.41, 5.74) is 0.946. The number of amides is 1. The van der Waals surface area contributed by atoms with Gasteiger partial charge in [-0.3, -0.25) is 9.78 Å². The minimum Gasteiger partial charge on any atom is -0.350 e. The van der Waals surface area contributed by atoms with Crippen molar-refractivity contribution in [2.24, 2.45) is 0 Å². The average molecular weight is 235 g/mol. The van der Waals surface area contributed by atoms with Gasteiger partial charge >= 0.3 is 0 Å². The molecule has 0 aliphatic carbocycles. The molecule has 1 amide bonds. The van der Waals surface area contributed by atoms with Crippen LogP contribution in [0.3, 0.4) is 0 Å². The summed E-state index contributed by atoms with van der Waals surface area (Å²) < 4.78 is 0. The molecule has 0 fully saturated rings. The predicted octanol–water partition coefficient (Wildman–Crippen LogP) is 1.65. The third-order valence-electron chi connectivity index (χ3n) is 2.29. The van der Waals surface area contributed by atoms with Crippen molar-refractivity contribution >= 4 is 5.91 Å². The van der Waals surface area contributed by atoms with Gasteiger partial charge in [0.05, 0.1) is 6.54 Å². The third-order valence-corrected chi connectivity index (χ3v) is 2.29. The van der Waals surface area contributed by atoms with Crippen molar-refractivity contribution in [3.8, 4) is 0 Å². The maximum absolute atomic E-state index is 11.6. The fraction of sp³-hybridized carbons (Fsp3) is 0.538. The van der Waals surface area contributed by atoms with E-state index in [9.17, 15) is 4.79 Å². The lowest BCUT2D eigenvalue weighted by molar-refractivity contribution is -0.121. The molecule has 4 heteroatoms. The van der Waals surface area contributed by atoms with E-state index in [1.54, 1.807) is 12.4 Å². The zero-order valence-corrected chi connectivity index (χ0v) is 10.9. The van der Waals surface area contributed by atoms with E-state index in [1.807, 2.05) is 39.8 Å². The lowest BCUT2D eigenvalue weighted by atomic mass is 10.1. The van der Waals surface area contributed by atoms with Crippen LogP contribution in [0.25, 0.3) is 0 Å². The summed E-state index contributed by atoms with van der Waals surface area (Å²) in [6, 6.07) is 4.03. The highest BCUT2D eigenvalue weighted by molar-refractivity contribution is 5.78. The summed E-state index contributed by atoms with van der Waals surface area (Å²) >= 11 is 0. The first-order chi connectivity index (χ1) is 7.88. The van der Waals surface area contributed by atoms with E-state index in [2.05, 4.69) is 15.6 Å². The molecule has 0 aromatic carbocycles. The lowest BCUT2D eigenvalue weighted by Gasteiger charge is -2.21. The Labute approximate surface area is 103 Å². The average Bonchev–Trinajstić information content (AvgIpc) is 2.25. The van der Waals surface area contributed by atoms with Gasteiger partial charge in [0.15, 0.2) is 0 Å². The van der Waals surface area contributed by atoms with Crippen LogP contribution in [-0.2, 0) is 4.79 Å². The Morgan fingerprint density at radius 3 is 2.47 bits per heavy atom. The Bertz CT molecular complexity index is 357. The molecule has 4 nitrogen and oxygen atoms in total. The topological polar surface area (TPSA) is 54.0 Å². The molecule has 1 heterocycles. The zero-order chi connectivity index (χ0) is 12.9. The van der Waals surface area contributed by atoms with Crippen LogP contribution >= 0.6 is 0 Å². The molecule has 0 bridgehead atoms. The SMILES string of the molecule is C[C@H](NCC(=O)NC(C)(C)C)c1ccncc1. The van der Waals surface area contributed by atoms with E-state index >= 15 is 0 Å². The standard InChI is InChI=1S/C13H21N3O/c1-10(11-5-7-14-8-6-11)15-9-12(17)16-13(2,3)4/h5-8,10,15H,9H2,1-4H3,(H,16,17)/t10-/m0/s1. The lowest BCUT2D eigenvalue weighted by Crippen LogP contribution is -2.45. The Kier molecular flexibility index (Phi) is 4.63. The monoisotopic (exact) mass is 235 g/mol. The normalized spacial score (nSPS) is 13.2. The van der Waals surface area contributed by atoms with E-state index in [0.29, 0.717) is 6.54 Å². The molecule has 1 aromatic heterocycles.